The van der Waals surface area contributed by atoms with Crippen LogP contribution >= 0.6 is 0 Å². The minimum Gasteiger partial charge on any atom is -0.382 e. The van der Waals surface area contributed by atoms with Crippen molar-refractivity contribution in [1.82, 2.24) is 0 Å². The van der Waals surface area contributed by atoms with Crippen molar-refractivity contribution in [2.75, 3.05) is 6.26 Å². The summed E-state index contributed by atoms with van der Waals surface area (Å²) >= 11 is 0. The second-order valence-electron chi connectivity index (χ2n) is 2.17. The third-order valence-corrected chi connectivity index (χ3v) is 1.47. The average molecular weight is 189 g/mol. The van der Waals surface area contributed by atoms with E-state index in [0.717, 1.165) is 18.4 Å². The molecule has 0 N–H and O–H groups in total. The molecule has 0 saturated heterocycles. The number of halogens is 1. The van der Waals surface area contributed by atoms with Crippen LogP contribution in [0, 0.1) is 11.9 Å². The zero-order valence-corrected chi connectivity index (χ0v) is 7.06. The Balaban J connectivity index is 2.91. The van der Waals surface area contributed by atoms with Gasteiger partial charge in [-0.2, -0.15) is 8.42 Å². The molecular weight excluding hydrogens is 183 g/mol. The normalized spacial score (nSPS) is 11.2. The van der Waals surface area contributed by atoms with E-state index in [1.165, 1.54) is 6.07 Å². The molecule has 0 aromatic heterocycles. The quantitative estimate of drug-likeness (QED) is 0.651. The highest BCUT2D eigenvalue weighted by Crippen LogP contribution is 2.12. The fourth-order valence-corrected chi connectivity index (χ4v) is 1.09. The van der Waals surface area contributed by atoms with E-state index in [1.807, 2.05) is 0 Å². The van der Waals surface area contributed by atoms with Crippen LogP contribution in [0.2, 0.25) is 0 Å². The van der Waals surface area contributed by atoms with Crippen molar-refractivity contribution in [3.63, 3.8) is 0 Å². The first-order valence-electron chi connectivity index (χ1n) is 3.03. The molecule has 0 heterocycles. The summed E-state index contributed by atoms with van der Waals surface area (Å²) in [6.07, 6.45) is 0.887. The zero-order chi connectivity index (χ0) is 9.19. The van der Waals surface area contributed by atoms with Crippen LogP contribution in [-0.4, -0.2) is 14.7 Å². The summed E-state index contributed by atoms with van der Waals surface area (Å²) in [4.78, 5) is 0. The maximum Gasteiger partial charge on any atom is 0.306 e. The van der Waals surface area contributed by atoms with Gasteiger partial charge in [0.05, 0.1) is 6.26 Å². The first kappa shape index (κ1) is 8.99. The molecule has 1 rings (SSSR count). The van der Waals surface area contributed by atoms with E-state index >= 15 is 0 Å². The minimum atomic E-state index is -3.58. The van der Waals surface area contributed by atoms with Gasteiger partial charge in [-0.05, 0) is 18.2 Å². The maximum absolute atomic E-state index is 12.4. The van der Waals surface area contributed by atoms with Crippen molar-refractivity contribution < 1.29 is 17.0 Å². The third kappa shape index (κ3) is 2.87. The van der Waals surface area contributed by atoms with Gasteiger partial charge in [0.1, 0.15) is 11.6 Å². The lowest BCUT2D eigenvalue weighted by atomic mass is 10.3. The van der Waals surface area contributed by atoms with Crippen molar-refractivity contribution in [2.24, 2.45) is 0 Å². The molecule has 0 saturated carbocycles. The molecule has 3 nitrogen and oxygen atoms in total. The summed E-state index contributed by atoms with van der Waals surface area (Å²) in [5, 5.41) is 0. The lowest BCUT2D eigenvalue weighted by Gasteiger charge is -2.00. The summed E-state index contributed by atoms with van der Waals surface area (Å²) in [5.41, 5.74) is 0. The molecule has 65 valence electrons. The molecule has 1 aromatic rings. The first-order chi connectivity index (χ1) is 5.47. The van der Waals surface area contributed by atoms with Crippen LogP contribution in [0.3, 0.4) is 0 Å². The molecule has 0 amide bonds. The lowest BCUT2D eigenvalue weighted by Crippen LogP contribution is -2.05. The summed E-state index contributed by atoms with van der Waals surface area (Å²) in [6.45, 7) is 0. The number of benzene rings is 1. The van der Waals surface area contributed by atoms with E-state index in [-0.39, 0.29) is 5.75 Å². The molecule has 0 aliphatic heterocycles. The van der Waals surface area contributed by atoms with Crippen molar-refractivity contribution in [3.05, 3.63) is 30.1 Å². The summed E-state index contributed by atoms with van der Waals surface area (Å²) in [5.74, 6) is -0.659. The van der Waals surface area contributed by atoms with E-state index in [4.69, 9.17) is 0 Å². The van der Waals surface area contributed by atoms with E-state index in [0.29, 0.717) is 0 Å². The SMILES string of the molecule is CS(=O)(=O)Oc1c[c]cc(F)c1. The molecule has 0 atom stereocenters. The van der Waals surface area contributed by atoms with Gasteiger partial charge >= 0.3 is 10.1 Å². The lowest BCUT2D eigenvalue weighted by molar-refractivity contribution is 0.490. The predicted octanol–water partition coefficient (Wildman–Crippen LogP) is 0.964. The van der Waals surface area contributed by atoms with E-state index in [2.05, 4.69) is 10.2 Å². The Bertz CT molecular complexity index is 372. The Labute approximate surface area is 69.9 Å². The molecule has 1 aromatic carbocycles. The fraction of sp³-hybridized carbons (Fsp3) is 0.143. The molecule has 5 heteroatoms. The molecular formula is C7H6FO3S. The minimum absolute atomic E-state index is 0.0718. The Morgan fingerprint density at radius 2 is 2.17 bits per heavy atom. The smallest absolute Gasteiger partial charge is 0.306 e. The highest BCUT2D eigenvalue weighted by Gasteiger charge is 2.03. The molecule has 12 heavy (non-hydrogen) atoms. The van der Waals surface area contributed by atoms with Gasteiger partial charge in [0.15, 0.2) is 0 Å². The first-order valence-corrected chi connectivity index (χ1v) is 4.85. The Kier molecular flexibility index (Phi) is 2.32. The van der Waals surface area contributed by atoms with Crippen LogP contribution in [0.25, 0.3) is 0 Å². The maximum atomic E-state index is 12.4. The highest BCUT2D eigenvalue weighted by molar-refractivity contribution is 7.86. The van der Waals surface area contributed by atoms with Crippen LogP contribution in [0.15, 0.2) is 18.2 Å². The topological polar surface area (TPSA) is 43.4 Å². The molecule has 0 unspecified atom stereocenters. The fourth-order valence-electron chi connectivity index (χ4n) is 0.646. The summed E-state index contributed by atoms with van der Waals surface area (Å²) in [6, 6.07) is 5.68. The van der Waals surface area contributed by atoms with Gasteiger partial charge in [-0.15, -0.1) is 0 Å². The van der Waals surface area contributed by atoms with Gasteiger partial charge in [-0.25, -0.2) is 4.39 Å². The van der Waals surface area contributed by atoms with Crippen LogP contribution in [0.5, 0.6) is 5.75 Å². The second-order valence-corrected chi connectivity index (χ2v) is 3.75. The summed E-state index contributed by atoms with van der Waals surface area (Å²) < 4.78 is 37.9. The zero-order valence-electron chi connectivity index (χ0n) is 6.24. The van der Waals surface area contributed by atoms with Crippen molar-refractivity contribution in [2.45, 2.75) is 0 Å². The van der Waals surface area contributed by atoms with Gasteiger partial charge < -0.3 is 4.18 Å². The van der Waals surface area contributed by atoms with Crippen LogP contribution < -0.4 is 4.18 Å². The van der Waals surface area contributed by atoms with Crippen LogP contribution in [-0.2, 0) is 10.1 Å². The number of hydrogen-bond acceptors (Lipinski definition) is 3. The predicted molar refractivity (Wildman–Crippen MR) is 40.7 cm³/mol. The molecule has 0 bridgehead atoms. The molecule has 1 radical (unpaired) electrons. The number of rotatable bonds is 2. The standard InChI is InChI=1S/C7H6FO3S/c1-12(9,10)11-7-4-2-3-6(8)5-7/h3-5H,1H3. The molecule has 0 aliphatic rings. The van der Waals surface area contributed by atoms with Crippen LogP contribution in [0.1, 0.15) is 0 Å². The third-order valence-electron chi connectivity index (χ3n) is 0.975. The average Bonchev–Trinajstić information content (AvgIpc) is 1.82. The number of hydrogen-bond donors (Lipinski definition) is 0. The van der Waals surface area contributed by atoms with Gasteiger partial charge in [0, 0.05) is 6.07 Å². The van der Waals surface area contributed by atoms with E-state index in [1.54, 1.807) is 0 Å². The van der Waals surface area contributed by atoms with Gasteiger partial charge in [0.25, 0.3) is 0 Å². The van der Waals surface area contributed by atoms with Gasteiger partial charge in [0.2, 0.25) is 0 Å². The monoisotopic (exact) mass is 189 g/mol. The largest absolute Gasteiger partial charge is 0.382 e. The Morgan fingerprint density at radius 1 is 1.50 bits per heavy atom. The van der Waals surface area contributed by atoms with Crippen molar-refractivity contribution >= 4 is 10.1 Å². The summed E-state index contributed by atoms with van der Waals surface area (Å²) in [7, 11) is -3.58. The van der Waals surface area contributed by atoms with Gasteiger partial charge in [-0.1, -0.05) is 0 Å². The van der Waals surface area contributed by atoms with E-state index < -0.39 is 15.9 Å². The Morgan fingerprint density at radius 3 is 2.67 bits per heavy atom. The highest BCUT2D eigenvalue weighted by atomic mass is 32.2. The second kappa shape index (κ2) is 3.10. The van der Waals surface area contributed by atoms with Gasteiger partial charge in [-0.3, -0.25) is 0 Å². The molecule has 0 aliphatic carbocycles. The van der Waals surface area contributed by atoms with Crippen molar-refractivity contribution in [3.8, 4) is 5.75 Å². The van der Waals surface area contributed by atoms with Crippen molar-refractivity contribution in [1.29, 1.82) is 0 Å². The van der Waals surface area contributed by atoms with E-state index in [9.17, 15) is 12.8 Å². The molecule has 0 spiro atoms. The Hall–Kier alpha value is -1.10. The molecule has 0 fully saturated rings. The van der Waals surface area contributed by atoms with Crippen LogP contribution in [0.4, 0.5) is 4.39 Å².